The van der Waals surface area contributed by atoms with Crippen LogP contribution in [0.5, 0.6) is 0 Å². The molecule has 0 radical (unpaired) electrons. The minimum absolute atomic E-state index is 0.453. The van der Waals surface area contributed by atoms with Gasteiger partial charge >= 0.3 is 0 Å². The first-order chi connectivity index (χ1) is 15.3. The van der Waals surface area contributed by atoms with Crippen LogP contribution in [-0.4, -0.2) is 26.3 Å². The normalized spacial score (nSPS) is 20.7. The summed E-state index contributed by atoms with van der Waals surface area (Å²) in [5, 5.41) is 3.57. The second-order valence-electron chi connectivity index (χ2n) is 8.84. The molecule has 0 N–H and O–H groups in total. The van der Waals surface area contributed by atoms with E-state index in [1.807, 2.05) is 12.1 Å². The Labute approximate surface area is 188 Å². The third-order valence-corrected chi connectivity index (χ3v) is 7.35. The lowest BCUT2D eigenvalue weighted by molar-refractivity contribution is 0.122. The number of fused-ring (bicyclic) bond motifs is 4. The predicted molar refractivity (Wildman–Crippen MR) is 130 cm³/mol. The molecule has 2 aliphatic carbocycles. The van der Waals surface area contributed by atoms with Crippen LogP contribution in [0.2, 0.25) is 5.02 Å². The van der Waals surface area contributed by atoms with Crippen molar-refractivity contribution in [1.82, 2.24) is 0 Å². The molecule has 1 atom stereocenters. The van der Waals surface area contributed by atoms with Crippen molar-refractivity contribution >= 4 is 33.6 Å². The molecule has 2 nitrogen and oxygen atoms in total. The molecule has 0 spiro atoms. The van der Waals surface area contributed by atoms with Crippen molar-refractivity contribution in [3.05, 3.63) is 94.0 Å². The molecule has 3 aliphatic rings. The fourth-order valence-electron chi connectivity index (χ4n) is 5.43. The number of benzene rings is 3. The number of anilines is 1. The van der Waals surface area contributed by atoms with Crippen LogP contribution < -0.4 is 4.90 Å². The molecular formula is C28H26ClNO. The van der Waals surface area contributed by atoms with Crippen molar-refractivity contribution in [3.63, 3.8) is 0 Å². The monoisotopic (exact) mass is 427 g/mol. The zero-order valence-electron chi connectivity index (χ0n) is 17.6. The third kappa shape index (κ3) is 3.48. The van der Waals surface area contributed by atoms with E-state index in [0.717, 1.165) is 50.6 Å². The summed E-state index contributed by atoms with van der Waals surface area (Å²) in [6, 6.07) is 20.0. The molecule has 3 aromatic carbocycles. The predicted octanol–water partition coefficient (Wildman–Crippen LogP) is 6.77. The van der Waals surface area contributed by atoms with Crippen LogP contribution in [0.15, 0.2) is 72.3 Å². The summed E-state index contributed by atoms with van der Waals surface area (Å²) >= 11 is 6.08. The highest BCUT2D eigenvalue weighted by atomic mass is 35.5. The molecule has 1 unspecified atom stereocenters. The van der Waals surface area contributed by atoms with Crippen molar-refractivity contribution < 1.29 is 4.74 Å². The van der Waals surface area contributed by atoms with Crippen molar-refractivity contribution in [1.29, 1.82) is 0 Å². The number of rotatable bonds is 2. The number of hydrogen-bond donors (Lipinski definition) is 0. The molecule has 3 aromatic rings. The maximum absolute atomic E-state index is 6.08. The number of morpholine rings is 1. The van der Waals surface area contributed by atoms with Crippen molar-refractivity contribution in [2.24, 2.45) is 0 Å². The molecular weight excluding hydrogens is 402 g/mol. The van der Waals surface area contributed by atoms with Gasteiger partial charge in [-0.15, -0.1) is 0 Å². The van der Waals surface area contributed by atoms with Gasteiger partial charge in [0.05, 0.1) is 13.2 Å². The highest BCUT2D eigenvalue weighted by Crippen LogP contribution is 2.43. The van der Waals surface area contributed by atoms with Crippen molar-refractivity contribution in [2.75, 3.05) is 31.2 Å². The van der Waals surface area contributed by atoms with E-state index in [1.54, 1.807) is 5.57 Å². The molecule has 0 aromatic heterocycles. The van der Waals surface area contributed by atoms with Crippen LogP contribution >= 0.6 is 11.6 Å². The minimum atomic E-state index is 0.453. The van der Waals surface area contributed by atoms with Gasteiger partial charge in [-0.1, -0.05) is 59.7 Å². The van der Waals surface area contributed by atoms with E-state index in [-0.39, 0.29) is 0 Å². The van der Waals surface area contributed by atoms with E-state index in [9.17, 15) is 0 Å². The topological polar surface area (TPSA) is 12.5 Å². The maximum atomic E-state index is 6.08. The number of halogens is 1. The van der Waals surface area contributed by atoms with Gasteiger partial charge in [0.1, 0.15) is 0 Å². The van der Waals surface area contributed by atoms with Crippen molar-refractivity contribution in [3.8, 4) is 0 Å². The molecule has 0 amide bonds. The lowest BCUT2D eigenvalue weighted by Gasteiger charge is -2.30. The van der Waals surface area contributed by atoms with E-state index >= 15 is 0 Å². The van der Waals surface area contributed by atoms with Gasteiger partial charge in [-0.2, -0.15) is 0 Å². The maximum Gasteiger partial charge on any atom is 0.0642 e. The number of ether oxygens (including phenoxy) is 1. The van der Waals surface area contributed by atoms with Crippen LogP contribution in [0.4, 0.5) is 5.69 Å². The summed E-state index contributed by atoms with van der Waals surface area (Å²) in [5.41, 5.74) is 8.66. The Kier molecular flexibility index (Phi) is 4.85. The van der Waals surface area contributed by atoms with Gasteiger partial charge in [-0.05, 0) is 76.6 Å². The number of hydrogen-bond acceptors (Lipinski definition) is 2. The molecule has 1 heterocycles. The Morgan fingerprint density at radius 2 is 1.74 bits per heavy atom. The SMILES string of the molecule is Clc1ccc(C2C=CC3=C(CCc4c3ccc3cc(N5CCOCC5)ccc43)C2)cc1. The number of allylic oxidation sites excluding steroid dienone is 4. The average molecular weight is 428 g/mol. The Hall–Kier alpha value is -2.55. The largest absolute Gasteiger partial charge is 0.378 e. The molecule has 6 rings (SSSR count). The number of aryl methyl sites for hydroxylation is 1. The fourth-order valence-corrected chi connectivity index (χ4v) is 5.55. The summed E-state index contributed by atoms with van der Waals surface area (Å²) in [6.07, 6.45) is 8.14. The second-order valence-corrected chi connectivity index (χ2v) is 9.27. The highest BCUT2D eigenvalue weighted by molar-refractivity contribution is 6.30. The fraction of sp³-hybridized carbons (Fsp3) is 0.286. The lowest BCUT2D eigenvalue weighted by Crippen LogP contribution is -2.36. The first-order valence-electron chi connectivity index (χ1n) is 11.3. The van der Waals surface area contributed by atoms with Crippen molar-refractivity contribution in [2.45, 2.75) is 25.2 Å². The Morgan fingerprint density at radius 3 is 2.58 bits per heavy atom. The van der Waals surface area contributed by atoms with Crippen LogP contribution in [0.1, 0.15) is 35.4 Å². The average Bonchev–Trinajstić information content (AvgIpc) is 2.84. The first-order valence-corrected chi connectivity index (χ1v) is 11.7. The Bertz CT molecular complexity index is 1200. The van der Waals surface area contributed by atoms with Crippen LogP contribution in [0.3, 0.4) is 0 Å². The van der Waals surface area contributed by atoms with Crippen LogP contribution in [0.25, 0.3) is 16.3 Å². The molecule has 3 heteroatoms. The molecule has 31 heavy (non-hydrogen) atoms. The van der Waals surface area contributed by atoms with E-state index in [0.29, 0.717) is 5.92 Å². The standard InChI is InChI=1S/C28H26ClNO/c29-23-6-1-19(2-7-23)20-3-9-25-21(17-20)4-10-28-26-12-8-24(30-13-15-31-16-14-30)18-22(26)5-11-27(25)28/h1-3,5-9,11-12,18,20H,4,10,13-17H2. The van der Waals surface area contributed by atoms with Crippen LogP contribution in [-0.2, 0) is 11.2 Å². The molecule has 156 valence electrons. The molecule has 1 fully saturated rings. The zero-order chi connectivity index (χ0) is 20.8. The molecule has 0 bridgehead atoms. The summed E-state index contributed by atoms with van der Waals surface area (Å²) < 4.78 is 5.52. The summed E-state index contributed by atoms with van der Waals surface area (Å²) in [5.74, 6) is 0.453. The Morgan fingerprint density at radius 1 is 0.903 bits per heavy atom. The zero-order valence-corrected chi connectivity index (χ0v) is 18.4. The molecule has 1 aliphatic heterocycles. The summed E-state index contributed by atoms with van der Waals surface area (Å²) in [7, 11) is 0. The van der Waals surface area contributed by atoms with Gasteiger partial charge in [0.15, 0.2) is 0 Å². The molecule has 0 saturated carbocycles. The Balaban J connectivity index is 1.33. The smallest absolute Gasteiger partial charge is 0.0642 e. The minimum Gasteiger partial charge on any atom is -0.378 e. The second kappa shape index (κ2) is 7.85. The van der Waals surface area contributed by atoms with Gasteiger partial charge in [0.2, 0.25) is 0 Å². The highest BCUT2D eigenvalue weighted by Gasteiger charge is 2.25. The van der Waals surface area contributed by atoms with Gasteiger partial charge in [0, 0.05) is 29.7 Å². The molecule has 1 saturated heterocycles. The lowest BCUT2D eigenvalue weighted by atomic mass is 9.76. The third-order valence-electron chi connectivity index (χ3n) is 7.10. The first kappa shape index (κ1) is 19.2. The van der Waals surface area contributed by atoms with Gasteiger partial charge in [-0.3, -0.25) is 0 Å². The van der Waals surface area contributed by atoms with E-state index in [2.05, 4.69) is 59.5 Å². The summed E-state index contributed by atoms with van der Waals surface area (Å²) in [4.78, 5) is 2.43. The van der Waals surface area contributed by atoms with E-state index in [1.165, 1.54) is 38.7 Å². The number of nitrogens with zero attached hydrogens (tertiary/aromatic N) is 1. The van der Waals surface area contributed by atoms with Gasteiger partial charge in [0.25, 0.3) is 0 Å². The van der Waals surface area contributed by atoms with E-state index < -0.39 is 0 Å². The summed E-state index contributed by atoms with van der Waals surface area (Å²) in [6.45, 7) is 3.60. The quantitative estimate of drug-likeness (QED) is 0.447. The van der Waals surface area contributed by atoms with Gasteiger partial charge in [-0.25, -0.2) is 0 Å². The van der Waals surface area contributed by atoms with Crippen LogP contribution in [0, 0.1) is 0 Å². The van der Waals surface area contributed by atoms with Gasteiger partial charge < -0.3 is 9.64 Å². The van der Waals surface area contributed by atoms with E-state index in [4.69, 9.17) is 16.3 Å².